The molecular weight excluding hydrogens is 432 g/mol. The van der Waals surface area contributed by atoms with Crippen molar-refractivity contribution >= 4 is 17.0 Å². The SMILES string of the molecule is COc1ccccc1CCCCC[C@H](O)COc1cccc2c1c(C)nn2C(=O)OC(C)(C)C. The van der Waals surface area contributed by atoms with Gasteiger partial charge in [-0.25, -0.2) is 4.79 Å². The van der Waals surface area contributed by atoms with Crippen molar-refractivity contribution < 1.29 is 24.1 Å². The van der Waals surface area contributed by atoms with E-state index in [-0.39, 0.29) is 6.61 Å². The molecule has 0 aliphatic rings. The number of methoxy groups -OCH3 is 1. The Kier molecular flexibility index (Phi) is 8.56. The third-order valence-corrected chi connectivity index (χ3v) is 5.52. The van der Waals surface area contributed by atoms with Gasteiger partial charge in [-0.1, -0.05) is 37.1 Å². The molecule has 34 heavy (non-hydrogen) atoms. The van der Waals surface area contributed by atoms with Crippen molar-refractivity contribution in [2.45, 2.75) is 71.5 Å². The molecule has 0 bridgehead atoms. The highest BCUT2D eigenvalue weighted by atomic mass is 16.6. The Hall–Kier alpha value is -3.06. The number of benzene rings is 2. The maximum absolute atomic E-state index is 12.6. The minimum absolute atomic E-state index is 0.183. The Balaban J connectivity index is 1.51. The minimum atomic E-state index is -0.616. The lowest BCUT2D eigenvalue weighted by molar-refractivity contribution is 0.0522. The minimum Gasteiger partial charge on any atom is -0.496 e. The van der Waals surface area contributed by atoms with E-state index >= 15 is 0 Å². The standard InChI is InChI=1S/C27H36N2O5/c1-19-25-22(29(28-19)26(31)34-27(2,3)4)15-11-17-24(25)33-18-21(30)14-8-6-7-12-20-13-9-10-16-23(20)32-5/h9-11,13,15-17,21,30H,6-8,12,14,18H2,1-5H3/t21-/m0/s1. The van der Waals surface area contributed by atoms with Crippen molar-refractivity contribution in [1.29, 1.82) is 0 Å². The second-order valence-corrected chi connectivity index (χ2v) is 9.50. The number of aromatic nitrogens is 2. The molecule has 0 amide bonds. The molecule has 0 aliphatic carbocycles. The highest BCUT2D eigenvalue weighted by molar-refractivity contribution is 5.93. The summed E-state index contributed by atoms with van der Waals surface area (Å²) in [6.07, 6.45) is 3.50. The second-order valence-electron chi connectivity index (χ2n) is 9.50. The Morgan fingerprint density at radius 3 is 2.53 bits per heavy atom. The van der Waals surface area contributed by atoms with E-state index in [2.05, 4.69) is 11.2 Å². The average molecular weight is 469 g/mol. The molecule has 1 aromatic heterocycles. The molecule has 0 unspecified atom stereocenters. The van der Waals surface area contributed by atoms with Gasteiger partial charge >= 0.3 is 6.09 Å². The zero-order valence-corrected chi connectivity index (χ0v) is 20.8. The Morgan fingerprint density at radius 2 is 1.79 bits per heavy atom. The number of unbranched alkanes of at least 4 members (excludes halogenated alkanes) is 2. The number of aryl methyl sites for hydroxylation is 2. The van der Waals surface area contributed by atoms with Crippen molar-refractivity contribution in [3.8, 4) is 11.5 Å². The summed E-state index contributed by atoms with van der Waals surface area (Å²) in [5.41, 5.74) is 1.89. The quantitative estimate of drug-likeness (QED) is 0.386. The average Bonchev–Trinajstić information content (AvgIpc) is 3.14. The molecule has 2 aromatic carbocycles. The van der Waals surface area contributed by atoms with Crippen molar-refractivity contribution in [1.82, 2.24) is 9.78 Å². The number of hydrogen-bond acceptors (Lipinski definition) is 6. The van der Waals surface area contributed by atoms with Crippen LogP contribution in [0.5, 0.6) is 11.5 Å². The molecule has 0 spiro atoms. The fourth-order valence-corrected chi connectivity index (χ4v) is 3.93. The lowest BCUT2D eigenvalue weighted by Crippen LogP contribution is -2.27. The van der Waals surface area contributed by atoms with Crippen LogP contribution < -0.4 is 9.47 Å². The molecule has 1 atom stereocenters. The molecule has 0 saturated carbocycles. The number of hydrogen-bond donors (Lipinski definition) is 1. The van der Waals surface area contributed by atoms with E-state index in [4.69, 9.17) is 14.2 Å². The van der Waals surface area contributed by atoms with E-state index in [1.807, 2.05) is 64.1 Å². The van der Waals surface area contributed by atoms with Crippen LogP contribution in [0.15, 0.2) is 42.5 Å². The van der Waals surface area contributed by atoms with E-state index in [1.54, 1.807) is 7.11 Å². The zero-order chi connectivity index (χ0) is 24.7. The lowest BCUT2D eigenvalue weighted by atomic mass is 10.0. The Morgan fingerprint density at radius 1 is 1.06 bits per heavy atom. The number of carbonyl (C=O) groups excluding carboxylic acids is 1. The van der Waals surface area contributed by atoms with Crippen molar-refractivity contribution in [3.05, 3.63) is 53.7 Å². The molecule has 7 heteroatoms. The maximum atomic E-state index is 12.6. The Bertz CT molecular complexity index is 1100. The van der Waals surface area contributed by atoms with Gasteiger partial charge in [0.15, 0.2) is 0 Å². The smallest absolute Gasteiger partial charge is 0.435 e. The van der Waals surface area contributed by atoms with E-state index < -0.39 is 17.8 Å². The molecule has 1 heterocycles. The molecule has 1 N–H and O–H groups in total. The second kappa shape index (κ2) is 11.4. The van der Waals surface area contributed by atoms with Gasteiger partial charge < -0.3 is 19.3 Å². The number of nitrogens with zero attached hydrogens (tertiary/aromatic N) is 2. The molecular formula is C27H36N2O5. The first kappa shape index (κ1) is 25.6. The van der Waals surface area contributed by atoms with Gasteiger partial charge in [0.25, 0.3) is 0 Å². The summed E-state index contributed by atoms with van der Waals surface area (Å²) in [7, 11) is 1.69. The number of carbonyl (C=O) groups is 1. The number of aliphatic hydroxyl groups excluding tert-OH is 1. The zero-order valence-electron chi connectivity index (χ0n) is 20.8. The fraction of sp³-hybridized carbons (Fsp3) is 0.481. The van der Waals surface area contributed by atoms with Crippen LogP contribution >= 0.6 is 0 Å². The summed E-state index contributed by atoms with van der Waals surface area (Å²) < 4.78 is 18.1. The van der Waals surface area contributed by atoms with Gasteiger partial charge in [0.1, 0.15) is 23.7 Å². The number of para-hydroxylation sites is 1. The Labute approximate surface area is 201 Å². The van der Waals surface area contributed by atoms with Gasteiger partial charge in [-0.3, -0.25) is 0 Å². The normalized spacial score (nSPS) is 12.5. The monoisotopic (exact) mass is 468 g/mol. The highest BCUT2D eigenvalue weighted by Gasteiger charge is 2.22. The number of ether oxygens (including phenoxy) is 3. The molecule has 3 rings (SSSR count). The fourth-order valence-electron chi connectivity index (χ4n) is 3.93. The first-order valence-electron chi connectivity index (χ1n) is 11.8. The number of fused-ring (bicyclic) bond motifs is 1. The van der Waals surface area contributed by atoms with Gasteiger partial charge in [-0.05, 0) is 70.7 Å². The first-order chi connectivity index (χ1) is 16.2. The van der Waals surface area contributed by atoms with Crippen LogP contribution in [0.3, 0.4) is 0 Å². The van der Waals surface area contributed by atoms with Gasteiger partial charge in [0, 0.05) is 0 Å². The van der Waals surface area contributed by atoms with Crippen LogP contribution in [-0.2, 0) is 11.2 Å². The van der Waals surface area contributed by atoms with Crippen LogP contribution in [0, 0.1) is 6.92 Å². The van der Waals surface area contributed by atoms with E-state index in [9.17, 15) is 9.90 Å². The van der Waals surface area contributed by atoms with E-state index in [0.29, 0.717) is 23.4 Å². The molecule has 0 fully saturated rings. The van der Waals surface area contributed by atoms with Crippen LogP contribution in [-0.4, -0.2) is 46.4 Å². The molecule has 0 radical (unpaired) electrons. The first-order valence-corrected chi connectivity index (χ1v) is 11.8. The van der Waals surface area contributed by atoms with E-state index in [0.717, 1.165) is 36.8 Å². The van der Waals surface area contributed by atoms with Crippen LogP contribution in [0.2, 0.25) is 0 Å². The van der Waals surface area contributed by atoms with Crippen LogP contribution in [0.1, 0.15) is 57.7 Å². The summed E-state index contributed by atoms with van der Waals surface area (Å²) in [4.78, 5) is 12.6. The van der Waals surface area contributed by atoms with Gasteiger partial charge in [-0.2, -0.15) is 9.78 Å². The van der Waals surface area contributed by atoms with Gasteiger partial charge in [-0.15, -0.1) is 0 Å². The van der Waals surface area contributed by atoms with Gasteiger partial charge in [0.2, 0.25) is 0 Å². The van der Waals surface area contributed by atoms with Crippen molar-refractivity contribution in [2.24, 2.45) is 0 Å². The predicted molar refractivity (Wildman–Crippen MR) is 133 cm³/mol. The molecule has 0 saturated heterocycles. The highest BCUT2D eigenvalue weighted by Crippen LogP contribution is 2.29. The third kappa shape index (κ3) is 6.73. The molecule has 3 aromatic rings. The summed E-state index contributed by atoms with van der Waals surface area (Å²) in [5, 5.41) is 15.5. The third-order valence-electron chi connectivity index (χ3n) is 5.52. The van der Waals surface area contributed by atoms with Crippen LogP contribution in [0.4, 0.5) is 4.79 Å². The maximum Gasteiger partial charge on any atom is 0.435 e. The van der Waals surface area contributed by atoms with Crippen molar-refractivity contribution in [3.63, 3.8) is 0 Å². The summed E-state index contributed by atoms with van der Waals surface area (Å²) >= 11 is 0. The van der Waals surface area contributed by atoms with Gasteiger partial charge in [0.05, 0.1) is 29.8 Å². The largest absolute Gasteiger partial charge is 0.496 e. The number of aliphatic hydroxyl groups is 1. The summed E-state index contributed by atoms with van der Waals surface area (Å²) in [6.45, 7) is 7.46. The molecule has 7 nitrogen and oxygen atoms in total. The lowest BCUT2D eigenvalue weighted by Gasteiger charge is -2.19. The molecule has 0 aliphatic heterocycles. The van der Waals surface area contributed by atoms with E-state index in [1.165, 1.54) is 10.2 Å². The number of rotatable bonds is 10. The summed E-state index contributed by atoms with van der Waals surface area (Å²) in [5.74, 6) is 1.52. The van der Waals surface area contributed by atoms with Crippen LogP contribution in [0.25, 0.3) is 10.9 Å². The topological polar surface area (TPSA) is 82.8 Å². The van der Waals surface area contributed by atoms with Crippen molar-refractivity contribution in [2.75, 3.05) is 13.7 Å². The molecule has 184 valence electrons. The summed E-state index contributed by atoms with van der Waals surface area (Å²) in [6, 6.07) is 13.5. The predicted octanol–water partition coefficient (Wildman–Crippen LogP) is 5.68.